The van der Waals surface area contributed by atoms with Crippen molar-refractivity contribution >= 4 is 11.4 Å². The SMILES string of the molecule is CCCO[C@@H]1CCC[C@H](N2CCC(Nc3cc(C)cc(F)c3[N+](=O)[O-])CC2)C1. The third kappa shape index (κ3) is 5.20. The Morgan fingerprint density at radius 3 is 2.71 bits per heavy atom. The Labute approximate surface area is 166 Å². The molecule has 0 amide bonds. The fourth-order valence-electron chi connectivity index (χ4n) is 4.55. The van der Waals surface area contributed by atoms with Gasteiger partial charge in [-0.2, -0.15) is 4.39 Å². The lowest BCUT2D eigenvalue weighted by Crippen LogP contribution is -2.47. The van der Waals surface area contributed by atoms with Crippen LogP contribution in [0, 0.1) is 22.9 Å². The molecule has 2 fully saturated rings. The number of piperidine rings is 1. The number of likely N-dealkylation sites (tertiary alicyclic amines) is 1. The van der Waals surface area contributed by atoms with Gasteiger partial charge in [0.25, 0.3) is 0 Å². The molecule has 0 unspecified atom stereocenters. The second-order valence-corrected chi connectivity index (χ2v) is 8.17. The lowest BCUT2D eigenvalue weighted by atomic mass is 9.90. The van der Waals surface area contributed by atoms with E-state index in [1.165, 1.54) is 18.9 Å². The van der Waals surface area contributed by atoms with Gasteiger partial charge >= 0.3 is 5.69 Å². The van der Waals surface area contributed by atoms with E-state index >= 15 is 0 Å². The maximum Gasteiger partial charge on any atom is 0.327 e. The first-order valence-corrected chi connectivity index (χ1v) is 10.5. The molecule has 28 heavy (non-hydrogen) atoms. The molecule has 2 atom stereocenters. The van der Waals surface area contributed by atoms with Gasteiger partial charge < -0.3 is 15.0 Å². The van der Waals surface area contributed by atoms with Crippen LogP contribution in [-0.4, -0.2) is 47.7 Å². The lowest BCUT2D eigenvalue weighted by Gasteiger charge is -2.41. The Hall–Kier alpha value is -1.73. The second kappa shape index (κ2) is 9.65. The minimum atomic E-state index is -0.773. The minimum Gasteiger partial charge on any atom is -0.378 e. The molecule has 0 bridgehead atoms. The zero-order valence-electron chi connectivity index (χ0n) is 17.0. The summed E-state index contributed by atoms with van der Waals surface area (Å²) in [6, 6.07) is 3.59. The summed E-state index contributed by atoms with van der Waals surface area (Å²) >= 11 is 0. The van der Waals surface area contributed by atoms with Crippen molar-refractivity contribution in [3.05, 3.63) is 33.6 Å². The summed E-state index contributed by atoms with van der Waals surface area (Å²) in [4.78, 5) is 13.2. The number of hydrogen-bond acceptors (Lipinski definition) is 5. The van der Waals surface area contributed by atoms with Gasteiger partial charge in [0.2, 0.25) is 5.82 Å². The summed E-state index contributed by atoms with van der Waals surface area (Å²) < 4.78 is 20.0. The van der Waals surface area contributed by atoms with E-state index in [9.17, 15) is 14.5 Å². The van der Waals surface area contributed by atoms with Gasteiger partial charge in [-0.05, 0) is 69.6 Å². The molecular formula is C21H32FN3O3. The summed E-state index contributed by atoms with van der Waals surface area (Å²) in [5.74, 6) is -0.773. The van der Waals surface area contributed by atoms with Crippen LogP contribution in [0.15, 0.2) is 12.1 Å². The van der Waals surface area contributed by atoms with Crippen LogP contribution in [0.3, 0.4) is 0 Å². The Morgan fingerprint density at radius 1 is 1.29 bits per heavy atom. The van der Waals surface area contributed by atoms with E-state index in [4.69, 9.17) is 4.74 Å². The molecule has 1 aromatic carbocycles. The fourth-order valence-corrected chi connectivity index (χ4v) is 4.55. The highest BCUT2D eigenvalue weighted by molar-refractivity contribution is 5.64. The first-order chi connectivity index (χ1) is 13.5. The van der Waals surface area contributed by atoms with E-state index in [0.29, 0.717) is 23.4 Å². The number of nitrogens with zero attached hydrogens (tertiary/aromatic N) is 2. The first-order valence-electron chi connectivity index (χ1n) is 10.5. The fraction of sp³-hybridized carbons (Fsp3) is 0.714. The molecule has 7 heteroatoms. The molecule has 156 valence electrons. The van der Waals surface area contributed by atoms with Gasteiger partial charge in [-0.25, -0.2) is 0 Å². The number of rotatable bonds is 7. The summed E-state index contributed by atoms with van der Waals surface area (Å²) in [7, 11) is 0. The molecule has 1 saturated carbocycles. The van der Waals surface area contributed by atoms with Crippen LogP contribution in [0.4, 0.5) is 15.8 Å². The summed E-state index contributed by atoms with van der Waals surface area (Å²) in [6.07, 6.45) is 7.96. The summed E-state index contributed by atoms with van der Waals surface area (Å²) in [6.45, 7) is 6.66. The molecule has 2 aliphatic rings. The number of nitro groups is 1. The van der Waals surface area contributed by atoms with Gasteiger partial charge in [-0.15, -0.1) is 0 Å². The summed E-state index contributed by atoms with van der Waals surface area (Å²) in [5.41, 5.74) is 0.534. The Balaban J connectivity index is 1.55. The normalized spacial score (nSPS) is 24.2. The van der Waals surface area contributed by atoms with Crippen LogP contribution in [0.1, 0.15) is 57.4 Å². The van der Waals surface area contributed by atoms with Crippen molar-refractivity contribution in [2.24, 2.45) is 0 Å². The lowest BCUT2D eigenvalue weighted by molar-refractivity contribution is -0.386. The molecule has 1 aliphatic heterocycles. The molecule has 3 rings (SSSR count). The largest absolute Gasteiger partial charge is 0.378 e. The molecular weight excluding hydrogens is 361 g/mol. The van der Waals surface area contributed by atoms with E-state index in [-0.39, 0.29) is 6.04 Å². The van der Waals surface area contributed by atoms with Gasteiger partial charge in [-0.1, -0.05) is 6.92 Å². The predicted octanol–water partition coefficient (Wildman–Crippen LogP) is 4.66. The van der Waals surface area contributed by atoms with Crippen LogP contribution in [0.2, 0.25) is 0 Å². The van der Waals surface area contributed by atoms with Crippen molar-refractivity contribution in [2.75, 3.05) is 25.0 Å². The molecule has 1 aromatic rings. The van der Waals surface area contributed by atoms with Crippen LogP contribution >= 0.6 is 0 Å². The van der Waals surface area contributed by atoms with Gasteiger partial charge in [0, 0.05) is 31.8 Å². The van der Waals surface area contributed by atoms with Crippen molar-refractivity contribution < 1.29 is 14.1 Å². The van der Waals surface area contributed by atoms with Crippen molar-refractivity contribution in [3.8, 4) is 0 Å². The number of benzene rings is 1. The molecule has 0 radical (unpaired) electrons. The molecule has 1 heterocycles. The zero-order valence-corrected chi connectivity index (χ0v) is 17.0. The van der Waals surface area contributed by atoms with Gasteiger partial charge in [0.1, 0.15) is 5.69 Å². The van der Waals surface area contributed by atoms with Gasteiger partial charge in [-0.3, -0.25) is 10.1 Å². The van der Waals surface area contributed by atoms with Crippen LogP contribution in [0.25, 0.3) is 0 Å². The van der Waals surface area contributed by atoms with Crippen LogP contribution in [0.5, 0.6) is 0 Å². The predicted molar refractivity (Wildman–Crippen MR) is 108 cm³/mol. The Morgan fingerprint density at radius 2 is 2.04 bits per heavy atom. The molecule has 1 N–H and O–H groups in total. The van der Waals surface area contributed by atoms with Gasteiger partial charge in [0.05, 0.1) is 11.0 Å². The Kier molecular flexibility index (Phi) is 7.24. The maximum atomic E-state index is 14.0. The highest BCUT2D eigenvalue weighted by atomic mass is 19.1. The van der Waals surface area contributed by atoms with Crippen molar-refractivity contribution in [1.29, 1.82) is 0 Å². The number of aryl methyl sites for hydroxylation is 1. The maximum absolute atomic E-state index is 14.0. The number of hydrogen-bond donors (Lipinski definition) is 1. The first kappa shape index (κ1) is 21.0. The van der Waals surface area contributed by atoms with E-state index < -0.39 is 16.4 Å². The smallest absolute Gasteiger partial charge is 0.327 e. The zero-order chi connectivity index (χ0) is 20.1. The van der Waals surface area contributed by atoms with Crippen molar-refractivity contribution in [3.63, 3.8) is 0 Å². The van der Waals surface area contributed by atoms with E-state index in [2.05, 4.69) is 17.1 Å². The van der Waals surface area contributed by atoms with E-state index in [1.807, 2.05) is 0 Å². The van der Waals surface area contributed by atoms with Crippen LogP contribution < -0.4 is 5.32 Å². The molecule has 6 nitrogen and oxygen atoms in total. The molecule has 0 spiro atoms. The average Bonchev–Trinajstić information content (AvgIpc) is 2.66. The third-order valence-corrected chi connectivity index (χ3v) is 5.95. The number of halogens is 1. The number of ether oxygens (including phenoxy) is 1. The highest BCUT2D eigenvalue weighted by Gasteiger charge is 2.31. The topological polar surface area (TPSA) is 67.6 Å². The number of nitro benzene ring substituents is 1. The standard InChI is InChI=1S/C21H32FN3O3/c1-3-11-28-18-6-4-5-17(14-18)24-9-7-16(8-10-24)23-20-13-15(2)12-19(22)21(20)25(26)27/h12-13,16-18,23H,3-11,14H2,1-2H3/t17-,18+/m0/s1. The number of nitrogens with one attached hydrogen (secondary N) is 1. The number of anilines is 1. The van der Waals surface area contributed by atoms with Crippen molar-refractivity contribution in [1.82, 2.24) is 4.90 Å². The second-order valence-electron chi connectivity index (χ2n) is 8.17. The Bertz CT molecular complexity index is 677. The van der Waals surface area contributed by atoms with E-state index in [1.54, 1.807) is 13.0 Å². The molecule has 1 aliphatic carbocycles. The minimum absolute atomic E-state index is 0.131. The van der Waals surface area contributed by atoms with Crippen molar-refractivity contribution in [2.45, 2.75) is 77.0 Å². The monoisotopic (exact) mass is 393 g/mol. The van der Waals surface area contributed by atoms with E-state index in [0.717, 1.165) is 51.8 Å². The molecule has 1 saturated heterocycles. The van der Waals surface area contributed by atoms with Gasteiger partial charge in [0.15, 0.2) is 0 Å². The molecule has 0 aromatic heterocycles. The quantitative estimate of drug-likeness (QED) is 0.539. The average molecular weight is 394 g/mol. The summed E-state index contributed by atoms with van der Waals surface area (Å²) in [5, 5.41) is 14.5. The third-order valence-electron chi connectivity index (χ3n) is 5.95. The van der Waals surface area contributed by atoms with Crippen LogP contribution in [-0.2, 0) is 4.74 Å². The highest BCUT2D eigenvalue weighted by Crippen LogP contribution is 2.32.